The van der Waals surface area contributed by atoms with Crippen LogP contribution in [0.5, 0.6) is 0 Å². The Kier molecular flexibility index (Phi) is 5.56. The third-order valence-electron chi connectivity index (χ3n) is 3.29. The van der Waals surface area contributed by atoms with Crippen LogP contribution >= 0.6 is 11.6 Å². The van der Waals surface area contributed by atoms with Crippen LogP contribution in [0.25, 0.3) is 10.9 Å². The van der Waals surface area contributed by atoms with E-state index in [1.165, 1.54) is 6.07 Å². The Bertz CT molecular complexity index is 845. The molecule has 0 radical (unpaired) electrons. The van der Waals surface area contributed by atoms with Gasteiger partial charge in [-0.2, -0.15) is 5.10 Å². The molecule has 0 fully saturated rings. The van der Waals surface area contributed by atoms with Crippen molar-refractivity contribution < 1.29 is 9.59 Å². The molecule has 0 spiro atoms. The van der Waals surface area contributed by atoms with Crippen molar-refractivity contribution in [2.24, 2.45) is 0 Å². The maximum atomic E-state index is 12.5. The van der Waals surface area contributed by atoms with Crippen LogP contribution in [0.1, 0.15) is 31.3 Å². The van der Waals surface area contributed by atoms with Crippen molar-refractivity contribution in [3.63, 3.8) is 0 Å². The lowest BCUT2D eigenvalue weighted by Crippen LogP contribution is -2.41. The topological polar surface area (TPSA) is 93.1 Å². The third-order valence-corrected chi connectivity index (χ3v) is 3.53. The van der Waals surface area contributed by atoms with E-state index in [0.717, 1.165) is 0 Å². The van der Waals surface area contributed by atoms with E-state index in [0.29, 0.717) is 22.5 Å². The second-order valence-corrected chi connectivity index (χ2v) is 6.00. The molecule has 0 saturated heterocycles. The molecule has 7 nitrogen and oxygen atoms in total. The standard InChI is InChI=1S/C16H19ClN4O3/c1-4-21-12-6-5-10(17)7-11(12)15(23)14(20-21)16(24)18-8-13(22)19-9(2)3/h5-7,9H,4,8H2,1-3H3,(H,18,24)(H,19,22). The average Bonchev–Trinajstić information content (AvgIpc) is 2.52. The van der Waals surface area contributed by atoms with E-state index >= 15 is 0 Å². The third kappa shape index (κ3) is 3.91. The van der Waals surface area contributed by atoms with E-state index in [4.69, 9.17) is 11.6 Å². The van der Waals surface area contributed by atoms with Crippen LogP contribution in [0.15, 0.2) is 23.0 Å². The molecule has 0 aliphatic heterocycles. The number of fused-ring (bicyclic) bond motifs is 1. The Balaban J connectivity index is 2.34. The summed E-state index contributed by atoms with van der Waals surface area (Å²) < 4.78 is 1.55. The summed E-state index contributed by atoms with van der Waals surface area (Å²) in [6, 6.07) is 4.82. The number of nitrogens with one attached hydrogen (secondary N) is 2. The fourth-order valence-electron chi connectivity index (χ4n) is 2.27. The van der Waals surface area contributed by atoms with Gasteiger partial charge in [-0.1, -0.05) is 11.6 Å². The zero-order valence-electron chi connectivity index (χ0n) is 13.7. The minimum atomic E-state index is -0.692. The van der Waals surface area contributed by atoms with Gasteiger partial charge in [0.05, 0.1) is 17.4 Å². The van der Waals surface area contributed by atoms with Crippen molar-refractivity contribution in [3.8, 4) is 0 Å². The van der Waals surface area contributed by atoms with Gasteiger partial charge in [0.2, 0.25) is 11.3 Å². The smallest absolute Gasteiger partial charge is 0.276 e. The number of halogens is 1. The number of carbonyl (C=O) groups is 2. The van der Waals surface area contributed by atoms with E-state index in [9.17, 15) is 14.4 Å². The predicted octanol–water partition coefficient (Wildman–Crippen LogP) is 1.32. The quantitative estimate of drug-likeness (QED) is 0.850. The number of rotatable bonds is 5. The molecular formula is C16H19ClN4O3. The van der Waals surface area contributed by atoms with Gasteiger partial charge >= 0.3 is 0 Å². The first-order chi connectivity index (χ1) is 11.3. The first-order valence-corrected chi connectivity index (χ1v) is 7.99. The van der Waals surface area contributed by atoms with Crippen LogP contribution in [0, 0.1) is 0 Å². The highest BCUT2D eigenvalue weighted by Crippen LogP contribution is 2.16. The van der Waals surface area contributed by atoms with Crippen LogP contribution < -0.4 is 16.1 Å². The monoisotopic (exact) mass is 350 g/mol. The van der Waals surface area contributed by atoms with Crippen molar-refractivity contribution in [2.75, 3.05) is 6.54 Å². The van der Waals surface area contributed by atoms with Gasteiger partial charge in [0.25, 0.3) is 5.91 Å². The summed E-state index contributed by atoms with van der Waals surface area (Å²) in [5.41, 5.74) is -0.177. The first-order valence-electron chi connectivity index (χ1n) is 7.61. The van der Waals surface area contributed by atoms with Crippen molar-refractivity contribution in [3.05, 3.63) is 39.1 Å². The summed E-state index contributed by atoms with van der Waals surface area (Å²) in [4.78, 5) is 36.4. The molecule has 0 aliphatic rings. The highest BCUT2D eigenvalue weighted by Gasteiger charge is 2.18. The number of aryl methyl sites for hydroxylation is 1. The number of benzene rings is 1. The van der Waals surface area contributed by atoms with Gasteiger partial charge in [0.15, 0.2) is 5.69 Å². The molecule has 1 aromatic heterocycles. The lowest BCUT2D eigenvalue weighted by Gasteiger charge is -2.11. The molecule has 0 atom stereocenters. The molecule has 8 heteroatoms. The second-order valence-electron chi connectivity index (χ2n) is 5.56. The summed E-state index contributed by atoms with van der Waals surface area (Å²) in [6.07, 6.45) is 0. The first kappa shape index (κ1) is 17.9. The van der Waals surface area contributed by atoms with Crippen LogP contribution in [-0.2, 0) is 11.3 Å². The van der Waals surface area contributed by atoms with Gasteiger partial charge in [0, 0.05) is 17.6 Å². The molecule has 2 amide bonds. The summed E-state index contributed by atoms with van der Waals surface area (Å²) in [5, 5.41) is 9.88. The summed E-state index contributed by atoms with van der Waals surface area (Å²) in [6.45, 7) is 5.73. The Labute approximate surface area is 144 Å². The Morgan fingerprint density at radius 1 is 1.33 bits per heavy atom. The zero-order valence-corrected chi connectivity index (χ0v) is 14.5. The lowest BCUT2D eigenvalue weighted by atomic mass is 10.2. The molecular weight excluding hydrogens is 332 g/mol. The van der Waals surface area contributed by atoms with Crippen molar-refractivity contribution in [1.29, 1.82) is 0 Å². The lowest BCUT2D eigenvalue weighted by molar-refractivity contribution is -0.120. The maximum Gasteiger partial charge on any atom is 0.276 e. The Morgan fingerprint density at radius 3 is 2.67 bits per heavy atom. The van der Waals surface area contributed by atoms with Crippen LogP contribution in [0.3, 0.4) is 0 Å². The summed E-state index contributed by atoms with van der Waals surface area (Å²) in [5.74, 6) is -1.03. The van der Waals surface area contributed by atoms with Crippen molar-refractivity contribution in [1.82, 2.24) is 20.4 Å². The molecule has 0 bridgehead atoms. The largest absolute Gasteiger partial charge is 0.352 e. The molecule has 1 aromatic carbocycles. The van der Waals surface area contributed by atoms with Gasteiger partial charge in [-0.15, -0.1) is 0 Å². The van der Waals surface area contributed by atoms with Gasteiger partial charge in [0.1, 0.15) is 0 Å². The zero-order chi connectivity index (χ0) is 17.9. The summed E-state index contributed by atoms with van der Waals surface area (Å²) >= 11 is 5.95. The molecule has 128 valence electrons. The van der Waals surface area contributed by atoms with Crippen LogP contribution in [0.4, 0.5) is 0 Å². The van der Waals surface area contributed by atoms with E-state index in [-0.39, 0.29) is 24.2 Å². The van der Waals surface area contributed by atoms with Gasteiger partial charge in [-0.25, -0.2) is 0 Å². The van der Waals surface area contributed by atoms with E-state index < -0.39 is 11.3 Å². The van der Waals surface area contributed by atoms with E-state index in [2.05, 4.69) is 15.7 Å². The highest BCUT2D eigenvalue weighted by atomic mass is 35.5. The molecule has 24 heavy (non-hydrogen) atoms. The highest BCUT2D eigenvalue weighted by molar-refractivity contribution is 6.31. The molecule has 1 heterocycles. The number of hydrogen-bond donors (Lipinski definition) is 2. The fraction of sp³-hybridized carbons (Fsp3) is 0.375. The van der Waals surface area contributed by atoms with Crippen molar-refractivity contribution in [2.45, 2.75) is 33.4 Å². The predicted molar refractivity (Wildman–Crippen MR) is 92.3 cm³/mol. The SMILES string of the molecule is CCn1nc(C(=O)NCC(=O)NC(C)C)c(=O)c2cc(Cl)ccc21. The second kappa shape index (κ2) is 7.44. The number of carbonyl (C=O) groups excluding carboxylic acids is 2. The molecule has 2 N–H and O–H groups in total. The summed E-state index contributed by atoms with van der Waals surface area (Å²) in [7, 11) is 0. The number of nitrogens with zero attached hydrogens (tertiary/aromatic N) is 2. The minimum absolute atomic E-state index is 0.0346. The Hall–Kier alpha value is -2.41. The van der Waals surface area contributed by atoms with Crippen LogP contribution in [0.2, 0.25) is 5.02 Å². The maximum absolute atomic E-state index is 12.5. The van der Waals surface area contributed by atoms with E-state index in [1.54, 1.807) is 16.8 Å². The molecule has 0 unspecified atom stereocenters. The van der Waals surface area contributed by atoms with Gasteiger partial charge in [-0.05, 0) is 39.0 Å². The molecule has 0 aliphatic carbocycles. The normalized spacial score (nSPS) is 10.9. The van der Waals surface area contributed by atoms with Crippen LogP contribution in [-0.4, -0.2) is 34.2 Å². The van der Waals surface area contributed by atoms with Gasteiger partial charge < -0.3 is 10.6 Å². The minimum Gasteiger partial charge on any atom is -0.352 e. The molecule has 2 aromatic rings. The Morgan fingerprint density at radius 2 is 2.04 bits per heavy atom. The number of aromatic nitrogens is 2. The number of hydrogen-bond acceptors (Lipinski definition) is 4. The fourth-order valence-corrected chi connectivity index (χ4v) is 2.44. The molecule has 0 saturated carbocycles. The molecule has 2 rings (SSSR count). The van der Waals surface area contributed by atoms with E-state index in [1.807, 2.05) is 20.8 Å². The average molecular weight is 351 g/mol. The number of amides is 2. The van der Waals surface area contributed by atoms with Crippen molar-refractivity contribution >= 4 is 34.3 Å². The van der Waals surface area contributed by atoms with Gasteiger partial charge in [-0.3, -0.25) is 19.1 Å².